The summed E-state index contributed by atoms with van der Waals surface area (Å²) >= 11 is 0. The molecule has 166 valence electrons. The van der Waals surface area contributed by atoms with E-state index in [0.717, 1.165) is 38.3 Å². The molecule has 9 heteroatoms. The highest BCUT2D eigenvalue weighted by Crippen LogP contribution is 2.26. The summed E-state index contributed by atoms with van der Waals surface area (Å²) in [5.41, 5.74) is 1.24. The van der Waals surface area contributed by atoms with Crippen LogP contribution in [0.1, 0.15) is 47.2 Å². The lowest BCUT2D eigenvalue weighted by atomic mass is 10.2. The van der Waals surface area contributed by atoms with Gasteiger partial charge in [0.1, 0.15) is 17.3 Å². The van der Waals surface area contributed by atoms with Crippen molar-refractivity contribution in [2.75, 3.05) is 32.7 Å². The maximum absolute atomic E-state index is 13.2. The monoisotopic (exact) mass is 428 g/mol. The molecule has 31 heavy (non-hydrogen) atoms. The molecular formula is C22H29FN6O2. The van der Waals surface area contributed by atoms with Crippen molar-refractivity contribution >= 4 is 11.9 Å². The first-order valence-corrected chi connectivity index (χ1v) is 10.9. The largest absolute Gasteiger partial charge is 0.349 e. The van der Waals surface area contributed by atoms with Crippen molar-refractivity contribution < 1.29 is 14.0 Å². The van der Waals surface area contributed by atoms with Gasteiger partial charge in [0.25, 0.3) is 5.91 Å². The van der Waals surface area contributed by atoms with Crippen LogP contribution < -0.4 is 16.0 Å². The minimum atomic E-state index is -0.329. The van der Waals surface area contributed by atoms with Crippen molar-refractivity contribution in [1.82, 2.24) is 30.4 Å². The van der Waals surface area contributed by atoms with Gasteiger partial charge in [0.15, 0.2) is 0 Å². The van der Waals surface area contributed by atoms with Crippen LogP contribution >= 0.6 is 0 Å². The van der Waals surface area contributed by atoms with E-state index in [1.54, 1.807) is 18.3 Å². The van der Waals surface area contributed by atoms with Crippen LogP contribution in [0.5, 0.6) is 0 Å². The number of hydrogen-bond acceptors (Lipinski definition) is 4. The van der Waals surface area contributed by atoms with Gasteiger partial charge in [-0.1, -0.05) is 12.1 Å². The van der Waals surface area contributed by atoms with Gasteiger partial charge < -0.3 is 25.4 Å². The third kappa shape index (κ3) is 5.41. The quantitative estimate of drug-likeness (QED) is 0.598. The molecule has 3 amide bonds. The second-order valence-corrected chi connectivity index (χ2v) is 8.12. The van der Waals surface area contributed by atoms with Crippen molar-refractivity contribution in [3.05, 3.63) is 53.4 Å². The Kier molecular flexibility index (Phi) is 6.81. The molecule has 0 spiro atoms. The number of carbonyl (C=O) groups is 2. The molecule has 1 saturated heterocycles. The number of hydrogen-bond donors (Lipinski definition) is 3. The van der Waals surface area contributed by atoms with E-state index in [1.807, 2.05) is 4.57 Å². The summed E-state index contributed by atoms with van der Waals surface area (Å²) in [6.45, 7) is 4.33. The third-order valence-corrected chi connectivity index (χ3v) is 5.93. The molecule has 1 fully saturated rings. The van der Waals surface area contributed by atoms with Gasteiger partial charge in [-0.15, -0.1) is 0 Å². The molecule has 1 atom stereocenters. The van der Waals surface area contributed by atoms with E-state index in [1.165, 1.54) is 25.0 Å². The van der Waals surface area contributed by atoms with Gasteiger partial charge >= 0.3 is 6.03 Å². The maximum atomic E-state index is 13.2. The lowest BCUT2D eigenvalue weighted by Gasteiger charge is -2.18. The molecule has 1 aromatic carbocycles. The number of carbonyl (C=O) groups excluding carboxylic acids is 2. The Labute approximate surface area is 181 Å². The number of aromatic nitrogens is 2. The highest BCUT2D eigenvalue weighted by atomic mass is 19.1. The smallest absolute Gasteiger partial charge is 0.315 e. The van der Waals surface area contributed by atoms with Gasteiger partial charge in [0, 0.05) is 32.6 Å². The van der Waals surface area contributed by atoms with Gasteiger partial charge in [-0.25, -0.2) is 14.2 Å². The molecule has 3 heterocycles. The number of fused-ring (bicyclic) bond motifs is 1. The Hall–Kier alpha value is -2.94. The summed E-state index contributed by atoms with van der Waals surface area (Å²) < 4.78 is 15.2. The van der Waals surface area contributed by atoms with Crippen LogP contribution in [0.2, 0.25) is 0 Å². The zero-order valence-corrected chi connectivity index (χ0v) is 17.6. The van der Waals surface area contributed by atoms with Gasteiger partial charge in [0.05, 0.1) is 12.2 Å². The number of amides is 3. The number of urea groups is 1. The first kappa shape index (κ1) is 21.3. The Balaban J connectivity index is 1.26. The van der Waals surface area contributed by atoms with Crippen LogP contribution in [0, 0.1) is 5.82 Å². The molecule has 4 rings (SSSR count). The molecular weight excluding hydrogens is 399 g/mol. The minimum absolute atomic E-state index is 0.0169. The molecule has 2 aliphatic heterocycles. The second-order valence-electron chi connectivity index (χ2n) is 8.12. The van der Waals surface area contributed by atoms with E-state index in [2.05, 4.69) is 25.8 Å². The molecule has 1 aromatic heterocycles. The molecule has 8 nitrogen and oxygen atoms in total. The van der Waals surface area contributed by atoms with E-state index < -0.39 is 0 Å². The molecule has 2 aliphatic rings. The highest BCUT2D eigenvalue weighted by Gasteiger charge is 2.28. The fourth-order valence-electron chi connectivity index (χ4n) is 4.30. The third-order valence-electron chi connectivity index (χ3n) is 5.93. The zero-order chi connectivity index (χ0) is 21.6. The van der Waals surface area contributed by atoms with Crippen LogP contribution in [0.4, 0.5) is 9.18 Å². The Morgan fingerprint density at radius 1 is 1.16 bits per heavy atom. The summed E-state index contributed by atoms with van der Waals surface area (Å²) in [4.78, 5) is 31.6. The molecule has 0 saturated carbocycles. The number of imidazole rings is 1. The first-order chi connectivity index (χ1) is 15.1. The predicted molar refractivity (Wildman–Crippen MR) is 114 cm³/mol. The number of nitrogens with one attached hydrogen (secondary N) is 3. The molecule has 0 bridgehead atoms. The van der Waals surface area contributed by atoms with Crippen molar-refractivity contribution in [3.63, 3.8) is 0 Å². The molecule has 0 aliphatic carbocycles. The summed E-state index contributed by atoms with van der Waals surface area (Å²) in [7, 11) is 0. The second kappa shape index (κ2) is 9.91. The van der Waals surface area contributed by atoms with Gasteiger partial charge in [-0.2, -0.15) is 0 Å². The van der Waals surface area contributed by atoms with Crippen LogP contribution in [-0.2, 0) is 13.0 Å². The molecule has 3 N–H and O–H groups in total. The topological polar surface area (TPSA) is 91.3 Å². The lowest BCUT2D eigenvalue weighted by Crippen LogP contribution is -2.39. The number of likely N-dealkylation sites (tertiary alicyclic amines) is 1. The van der Waals surface area contributed by atoms with Crippen LogP contribution in [0.3, 0.4) is 0 Å². The summed E-state index contributed by atoms with van der Waals surface area (Å²) in [5, 5.41) is 8.59. The van der Waals surface area contributed by atoms with E-state index in [0.29, 0.717) is 24.3 Å². The van der Waals surface area contributed by atoms with Gasteiger partial charge in [-0.3, -0.25) is 4.79 Å². The van der Waals surface area contributed by atoms with Crippen molar-refractivity contribution in [3.8, 4) is 0 Å². The fourth-order valence-corrected chi connectivity index (χ4v) is 4.30. The molecule has 0 radical (unpaired) electrons. The number of halogens is 1. The Bertz CT molecular complexity index is 924. The Morgan fingerprint density at radius 2 is 2.00 bits per heavy atom. The summed E-state index contributed by atoms with van der Waals surface area (Å²) in [6.07, 6.45) is 5.68. The average Bonchev–Trinajstić information content (AvgIpc) is 3.49. The van der Waals surface area contributed by atoms with E-state index in [9.17, 15) is 14.0 Å². The molecule has 1 unspecified atom stereocenters. The van der Waals surface area contributed by atoms with Gasteiger partial charge in [0.2, 0.25) is 0 Å². The van der Waals surface area contributed by atoms with Crippen LogP contribution in [0.15, 0.2) is 30.5 Å². The number of aryl methyl sites for hydroxylation is 1. The van der Waals surface area contributed by atoms with Crippen molar-refractivity contribution in [2.45, 2.75) is 38.3 Å². The van der Waals surface area contributed by atoms with E-state index >= 15 is 0 Å². The normalized spacial score (nSPS) is 18.0. The van der Waals surface area contributed by atoms with Crippen molar-refractivity contribution in [1.29, 1.82) is 0 Å². The fraction of sp³-hybridized carbons (Fsp3) is 0.500. The minimum Gasteiger partial charge on any atom is -0.349 e. The van der Waals surface area contributed by atoms with E-state index in [-0.39, 0.29) is 30.3 Å². The molecule has 2 aromatic rings. The van der Waals surface area contributed by atoms with Gasteiger partial charge in [-0.05, 0) is 50.0 Å². The van der Waals surface area contributed by atoms with Crippen molar-refractivity contribution in [2.24, 2.45) is 0 Å². The highest BCUT2D eigenvalue weighted by molar-refractivity contribution is 5.92. The Morgan fingerprint density at radius 3 is 2.81 bits per heavy atom. The zero-order valence-electron chi connectivity index (χ0n) is 17.6. The summed E-state index contributed by atoms with van der Waals surface area (Å²) in [5.74, 6) is 0.418. The number of nitrogens with zero attached hydrogens (tertiary/aromatic N) is 3. The predicted octanol–water partition coefficient (Wildman–Crippen LogP) is 1.83. The lowest BCUT2D eigenvalue weighted by molar-refractivity contribution is 0.0939. The SMILES string of the molecule is O=C(NCc1cccc(F)c1)NCC1CCc2ncc(C(=O)NCCN3CCCC3)n21. The van der Waals surface area contributed by atoms with Crippen LogP contribution in [-0.4, -0.2) is 59.1 Å². The standard InChI is InChI=1S/C22H29FN6O2/c23-17-5-3-4-16(12-17)13-26-22(31)27-14-18-6-7-20-25-15-19(29(18)20)21(30)24-8-11-28-9-1-2-10-28/h3-5,12,15,18H,1-2,6-11,13-14H2,(H,24,30)(H2,26,27,31). The maximum Gasteiger partial charge on any atom is 0.315 e. The number of rotatable bonds is 8. The number of benzene rings is 1. The van der Waals surface area contributed by atoms with E-state index in [4.69, 9.17) is 0 Å². The first-order valence-electron chi connectivity index (χ1n) is 10.9. The average molecular weight is 429 g/mol. The summed E-state index contributed by atoms with van der Waals surface area (Å²) in [6, 6.07) is 5.79. The van der Waals surface area contributed by atoms with Crippen LogP contribution in [0.25, 0.3) is 0 Å².